The summed E-state index contributed by atoms with van der Waals surface area (Å²) >= 11 is -0.306. The molecule has 1 rings (SSSR count). The molecule has 1 aromatic carbocycles. The van der Waals surface area contributed by atoms with Crippen LogP contribution < -0.4 is 33.2 Å². The first-order valence-electron chi connectivity index (χ1n) is 4.19. The predicted molar refractivity (Wildman–Crippen MR) is 55.8 cm³/mol. The maximum absolute atomic E-state index is 10.3. The molecule has 0 amide bonds. The maximum Gasteiger partial charge on any atom is 1.00 e. The van der Waals surface area contributed by atoms with Crippen molar-refractivity contribution in [2.45, 2.75) is 10.9 Å². The summed E-state index contributed by atoms with van der Waals surface area (Å²) < 4.78 is 33.1. The van der Waals surface area contributed by atoms with E-state index in [9.17, 15) is 13.0 Å². The molecule has 15 heavy (non-hydrogen) atoms. The van der Waals surface area contributed by atoms with Crippen LogP contribution in [0.2, 0.25) is 4.47 Å². The fourth-order valence-electron chi connectivity index (χ4n) is 0.942. The van der Waals surface area contributed by atoms with Crippen LogP contribution in [0.15, 0.2) is 30.3 Å². The average molecular weight is 350 g/mol. The van der Waals surface area contributed by atoms with Gasteiger partial charge in [-0.2, -0.15) is 0 Å². The van der Waals surface area contributed by atoms with E-state index in [1.165, 1.54) is 3.61 Å². The Kier molecular flexibility index (Phi) is 8.57. The van der Waals surface area contributed by atoms with E-state index in [1.54, 1.807) is 0 Å². The molecular weight excluding hydrogens is 339 g/mol. The minimum absolute atomic E-state index is 0. The van der Waals surface area contributed by atoms with Gasteiger partial charge in [-0.15, -0.1) is 0 Å². The van der Waals surface area contributed by atoms with Gasteiger partial charge in [0.05, 0.1) is 0 Å². The number of rotatable bonds is 5. The molecule has 0 spiro atoms. The summed E-state index contributed by atoms with van der Waals surface area (Å²) in [6.07, 6.45) is 0.503. The van der Waals surface area contributed by atoms with Crippen LogP contribution >= 0.6 is 0 Å². The first-order valence-corrected chi connectivity index (χ1v) is 8.58. The Bertz CT molecular complexity index is 366. The second kappa shape index (κ2) is 8.08. The van der Waals surface area contributed by atoms with E-state index >= 15 is 0 Å². The molecule has 78 valence electrons. The van der Waals surface area contributed by atoms with Crippen molar-refractivity contribution in [3.63, 3.8) is 0 Å². The van der Waals surface area contributed by atoms with Gasteiger partial charge in [0.25, 0.3) is 0 Å². The summed E-state index contributed by atoms with van der Waals surface area (Å²) in [5.41, 5.74) is 0. The summed E-state index contributed by atoms with van der Waals surface area (Å²) in [6, 6.07) is 10.0. The van der Waals surface area contributed by atoms with Crippen molar-refractivity contribution in [1.82, 2.24) is 0 Å². The largest absolute Gasteiger partial charge is 1.00 e. The maximum atomic E-state index is 10.3. The van der Waals surface area contributed by atoms with Gasteiger partial charge in [-0.25, -0.2) is 0 Å². The van der Waals surface area contributed by atoms with Crippen molar-refractivity contribution in [3.8, 4) is 0 Å². The SMILES string of the molecule is O=S(=O)([O-])CCC[Te]c1ccccc1.[Na+]. The van der Waals surface area contributed by atoms with Crippen LogP contribution in [-0.4, -0.2) is 39.6 Å². The van der Waals surface area contributed by atoms with Gasteiger partial charge in [0.2, 0.25) is 0 Å². The van der Waals surface area contributed by atoms with Gasteiger partial charge in [0.1, 0.15) is 0 Å². The molecule has 0 atom stereocenters. The van der Waals surface area contributed by atoms with E-state index in [0.717, 1.165) is 4.47 Å². The summed E-state index contributed by atoms with van der Waals surface area (Å²) in [6.45, 7) is 0. The van der Waals surface area contributed by atoms with Gasteiger partial charge in [0, 0.05) is 0 Å². The molecule has 0 aromatic heterocycles. The minimum Gasteiger partial charge on any atom is 1.00 e. The monoisotopic (exact) mass is 352 g/mol. The average Bonchev–Trinajstić information content (AvgIpc) is 2.13. The first-order chi connectivity index (χ1) is 6.58. The molecule has 1 aromatic rings. The van der Waals surface area contributed by atoms with Crippen LogP contribution in [0.4, 0.5) is 0 Å². The summed E-state index contributed by atoms with van der Waals surface area (Å²) in [5.74, 6) is -0.218. The van der Waals surface area contributed by atoms with E-state index in [1.807, 2.05) is 30.3 Å². The predicted octanol–water partition coefficient (Wildman–Crippen LogP) is -2.63. The quantitative estimate of drug-likeness (QED) is 0.332. The molecule has 0 bridgehead atoms. The second-order valence-corrected chi connectivity index (χ2v) is 7.63. The van der Waals surface area contributed by atoms with Gasteiger partial charge in [-0.3, -0.25) is 0 Å². The third-order valence-electron chi connectivity index (χ3n) is 1.55. The fraction of sp³-hybridized carbons (Fsp3) is 0.333. The molecule has 0 saturated heterocycles. The zero-order valence-electron chi connectivity index (χ0n) is 8.55. The molecule has 0 aliphatic heterocycles. The van der Waals surface area contributed by atoms with E-state index in [4.69, 9.17) is 0 Å². The Labute approximate surface area is 123 Å². The van der Waals surface area contributed by atoms with Crippen molar-refractivity contribution >= 4 is 34.7 Å². The molecule has 0 unspecified atom stereocenters. The zero-order valence-corrected chi connectivity index (χ0v) is 13.7. The molecule has 6 heteroatoms. The first kappa shape index (κ1) is 15.9. The van der Waals surface area contributed by atoms with Crippen molar-refractivity contribution in [3.05, 3.63) is 30.3 Å². The second-order valence-electron chi connectivity index (χ2n) is 2.78. The fourth-order valence-corrected chi connectivity index (χ4v) is 4.51. The molecule has 0 N–H and O–H groups in total. The van der Waals surface area contributed by atoms with Crippen LogP contribution in [0.3, 0.4) is 0 Å². The smallest absolute Gasteiger partial charge is 1.00 e. The third-order valence-corrected chi connectivity index (χ3v) is 5.47. The van der Waals surface area contributed by atoms with Gasteiger partial charge >= 0.3 is 124 Å². The molecule has 0 aliphatic carbocycles. The van der Waals surface area contributed by atoms with Crippen LogP contribution in [0.25, 0.3) is 0 Å². The Morgan fingerprint density at radius 1 is 1.20 bits per heavy atom. The van der Waals surface area contributed by atoms with Crippen LogP contribution in [0, 0.1) is 0 Å². The molecule has 0 aliphatic rings. The summed E-state index contributed by atoms with van der Waals surface area (Å²) in [4.78, 5) is 0. The van der Waals surface area contributed by atoms with Gasteiger partial charge in [-0.05, 0) is 0 Å². The number of hydrogen-bond donors (Lipinski definition) is 0. The normalized spacial score (nSPS) is 10.7. The van der Waals surface area contributed by atoms with Gasteiger partial charge in [-0.1, -0.05) is 0 Å². The van der Waals surface area contributed by atoms with E-state index in [-0.39, 0.29) is 56.2 Å². The summed E-state index contributed by atoms with van der Waals surface area (Å²) in [5, 5.41) is 0. The molecular formula is C9H11NaO3STe. The number of hydrogen-bond acceptors (Lipinski definition) is 3. The molecule has 0 radical (unpaired) electrons. The molecule has 0 fully saturated rings. The van der Waals surface area contributed by atoms with E-state index < -0.39 is 10.1 Å². The van der Waals surface area contributed by atoms with Crippen molar-refractivity contribution in [2.75, 3.05) is 5.75 Å². The third kappa shape index (κ3) is 8.70. The van der Waals surface area contributed by atoms with E-state index in [0.29, 0.717) is 6.42 Å². The molecule has 3 nitrogen and oxygen atoms in total. The van der Waals surface area contributed by atoms with Crippen molar-refractivity contribution in [2.24, 2.45) is 0 Å². The Morgan fingerprint density at radius 2 is 1.80 bits per heavy atom. The van der Waals surface area contributed by atoms with Crippen LogP contribution in [0.1, 0.15) is 6.42 Å². The Balaban J connectivity index is 0.00000196. The Hall–Kier alpha value is 0.920. The van der Waals surface area contributed by atoms with Crippen molar-refractivity contribution < 1.29 is 42.5 Å². The molecule has 0 heterocycles. The van der Waals surface area contributed by atoms with Crippen molar-refractivity contribution in [1.29, 1.82) is 0 Å². The van der Waals surface area contributed by atoms with Gasteiger partial charge in [0.15, 0.2) is 0 Å². The minimum atomic E-state index is -4.01. The molecule has 0 saturated carbocycles. The zero-order chi connectivity index (χ0) is 10.4. The topological polar surface area (TPSA) is 57.2 Å². The number of benzene rings is 1. The standard InChI is InChI=1S/C9H12O3STe.Na/c10-13(11,12)7-4-8-14-9-5-2-1-3-6-9;/h1-3,5-6H,4,7-8H2,(H,10,11,12);/q;+1/p-1. The van der Waals surface area contributed by atoms with Gasteiger partial charge < -0.3 is 0 Å². The van der Waals surface area contributed by atoms with E-state index in [2.05, 4.69) is 0 Å². The van der Waals surface area contributed by atoms with Crippen LogP contribution in [0.5, 0.6) is 0 Å². The summed E-state index contributed by atoms with van der Waals surface area (Å²) in [7, 11) is -4.01. The Morgan fingerprint density at radius 3 is 2.33 bits per heavy atom. The van der Waals surface area contributed by atoms with Crippen LogP contribution in [-0.2, 0) is 10.1 Å².